The third-order valence-corrected chi connectivity index (χ3v) is 3.19. The Balaban J connectivity index is 2.72. The molecular formula is C14H17N3O. The van der Waals surface area contributed by atoms with Gasteiger partial charge in [0, 0.05) is 12.0 Å². The number of aliphatic hydroxyl groups is 1. The van der Waals surface area contributed by atoms with E-state index in [9.17, 15) is 5.11 Å². The molecule has 0 fully saturated rings. The third-order valence-electron chi connectivity index (χ3n) is 3.19. The number of nitrogens with zero attached hydrogens (tertiary/aromatic N) is 3. The highest BCUT2D eigenvalue weighted by atomic mass is 16.3. The predicted molar refractivity (Wildman–Crippen MR) is 70.2 cm³/mol. The molecule has 2 rings (SSSR count). The average Bonchev–Trinajstić information content (AvgIpc) is 2.76. The maximum atomic E-state index is 9.49. The van der Waals surface area contributed by atoms with Crippen LogP contribution in [0.15, 0.2) is 18.2 Å². The Labute approximate surface area is 106 Å². The zero-order valence-corrected chi connectivity index (χ0v) is 10.9. The molecule has 0 amide bonds. The summed E-state index contributed by atoms with van der Waals surface area (Å²) < 4.78 is 2.09. The summed E-state index contributed by atoms with van der Waals surface area (Å²) in [6, 6.07) is 7.63. The normalized spacial score (nSPS) is 11.7. The van der Waals surface area contributed by atoms with Crippen LogP contribution in [0.5, 0.6) is 0 Å². The fraction of sp³-hybridized carbons (Fsp3) is 0.429. The van der Waals surface area contributed by atoms with Crippen molar-refractivity contribution < 1.29 is 5.11 Å². The second-order valence-electron chi connectivity index (χ2n) is 5.04. The summed E-state index contributed by atoms with van der Waals surface area (Å²) >= 11 is 0. The molecule has 0 atom stereocenters. The Hall–Kier alpha value is -1.86. The molecule has 0 aliphatic carbocycles. The van der Waals surface area contributed by atoms with E-state index in [-0.39, 0.29) is 12.0 Å². The van der Waals surface area contributed by atoms with Crippen LogP contribution >= 0.6 is 0 Å². The van der Waals surface area contributed by atoms with Gasteiger partial charge in [-0.1, -0.05) is 13.8 Å². The number of aliphatic hydroxyl groups excluding tert-OH is 1. The molecule has 0 radical (unpaired) electrons. The van der Waals surface area contributed by atoms with Gasteiger partial charge in [0.1, 0.15) is 5.82 Å². The number of hydrogen-bond donors (Lipinski definition) is 1. The summed E-state index contributed by atoms with van der Waals surface area (Å²) in [4.78, 5) is 4.59. The Morgan fingerprint density at radius 2 is 2.17 bits per heavy atom. The molecule has 4 nitrogen and oxygen atoms in total. The first-order valence-electron chi connectivity index (χ1n) is 6.05. The molecule has 0 unspecified atom stereocenters. The quantitative estimate of drug-likeness (QED) is 0.898. The Morgan fingerprint density at radius 3 is 2.72 bits per heavy atom. The summed E-state index contributed by atoms with van der Waals surface area (Å²) in [7, 11) is 0. The van der Waals surface area contributed by atoms with Gasteiger partial charge < -0.3 is 9.67 Å². The molecule has 18 heavy (non-hydrogen) atoms. The lowest BCUT2D eigenvalue weighted by Gasteiger charge is -2.22. The smallest absolute Gasteiger partial charge is 0.117 e. The van der Waals surface area contributed by atoms with E-state index in [0.717, 1.165) is 23.4 Å². The maximum Gasteiger partial charge on any atom is 0.117 e. The fourth-order valence-corrected chi connectivity index (χ4v) is 2.11. The van der Waals surface area contributed by atoms with Gasteiger partial charge in [0.2, 0.25) is 0 Å². The predicted octanol–water partition coefficient (Wildman–Crippen LogP) is 2.20. The van der Waals surface area contributed by atoms with Crippen molar-refractivity contribution in [2.75, 3.05) is 6.61 Å². The highest BCUT2D eigenvalue weighted by Crippen LogP contribution is 2.26. The van der Waals surface area contributed by atoms with Gasteiger partial charge in [0.15, 0.2) is 0 Å². The molecule has 1 aromatic heterocycles. The molecule has 0 saturated carbocycles. The van der Waals surface area contributed by atoms with E-state index in [2.05, 4.69) is 22.5 Å². The van der Waals surface area contributed by atoms with Crippen LogP contribution < -0.4 is 0 Å². The highest BCUT2D eigenvalue weighted by Gasteiger charge is 2.26. The van der Waals surface area contributed by atoms with Crippen molar-refractivity contribution in [3.8, 4) is 6.07 Å². The van der Waals surface area contributed by atoms with Crippen molar-refractivity contribution in [1.82, 2.24) is 9.55 Å². The molecule has 0 aliphatic heterocycles. The summed E-state index contributed by atoms with van der Waals surface area (Å²) in [5.74, 6) is 0.859. The summed E-state index contributed by atoms with van der Waals surface area (Å²) in [5, 5.41) is 18.4. The first-order chi connectivity index (χ1) is 8.53. The third kappa shape index (κ3) is 1.87. The lowest BCUT2D eigenvalue weighted by molar-refractivity contribution is 0.209. The maximum absolute atomic E-state index is 9.49. The second-order valence-corrected chi connectivity index (χ2v) is 5.04. The molecule has 94 valence electrons. The van der Waals surface area contributed by atoms with Crippen LogP contribution in [0.2, 0.25) is 0 Å². The van der Waals surface area contributed by atoms with Crippen molar-refractivity contribution in [1.29, 1.82) is 5.26 Å². The van der Waals surface area contributed by atoms with Crippen molar-refractivity contribution in [2.24, 2.45) is 0 Å². The highest BCUT2D eigenvalue weighted by molar-refractivity contribution is 5.78. The molecule has 0 bridgehead atoms. The van der Waals surface area contributed by atoms with Crippen LogP contribution in [0.25, 0.3) is 11.0 Å². The van der Waals surface area contributed by atoms with E-state index in [4.69, 9.17) is 5.26 Å². The SMILES string of the molecule is CCn1c(C(C)(C)CO)nc2cc(C#N)ccc21. The minimum absolute atomic E-state index is 0.0431. The molecule has 0 spiro atoms. The summed E-state index contributed by atoms with van der Waals surface area (Å²) in [6.07, 6.45) is 0. The van der Waals surface area contributed by atoms with Gasteiger partial charge >= 0.3 is 0 Å². The average molecular weight is 243 g/mol. The fourth-order valence-electron chi connectivity index (χ4n) is 2.11. The minimum atomic E-state index is -0.387. The van der Waals surface area contributed by atoms with Crippen LogP contribution in [-0.2, 0) is 12.0 Å². The van der Waals surface area contributed by atoms with Gasteiger partial charge in [-0.2, -0.15) is 5.26 Å². The number of hydrogen-bond acceptors (Lipinski definition) is 3. The number of aryl methyl sites for hydroxylation is 1. The van der Waals surface area contributed by atoms with Crippen LogP contribution in [-0.4, -0.2) is 21.3 Å². The topological polar surface area (TPSA) is 61.8 Å². The molecule has 1 heterocycles. The van der Waals surface area contributed by atoms with E-state index < -0.39 is 0 Å². The first-order valence-corrected chi connectivity index (χ1v) is 6.05. The van der Waals surface area contributed by atoms with Gasteiger partial charge in [0.25, 0.3) is 0 Å². The van der Waals surface area contributed by atoms with Crippen molar-refractivity contribution >= 4 is 11.0 Å². The monoisotopic (exact) mass is 243 g/mol. The largest absolute Gasteiger partial charge is 0.395 e. The van der Waals surface area contributed by atoms with Gasteiger partial charge in [-0.05, 0) is 25.1 Å². The Kier molecular flexibility index (Phi) is 3.10. The van der Waals surface area contributed by atoms with E-state index in [1.807, 2.05) is 19.9 Å². The first kappa shape index (κ1) is 12.6. The number of nitriles is 1. The lowest BCUT2D eigenvalue weighted by atomic mass is 9.94. The van der Waals surface area contributed by atoms with Crippen molar-refractivity contribution in [2.45, 2.75) is 32.7 Å². The molecule has 1 aromatic carbocycles. The minimum Gasteiger partial charge on any atom is -0.395 e. The van der Waals surface area contributed by atoms with Crippen molar-refractivity contribution in [3.05, 3.63) is 29.6 Å². The molecular weight excluding hydrogens is 226 g/mol. The number of fused-ring (bicyclic) bond motifs is 1. The molecule has 0 saturated heterocycles. The number of aromatic nitrogens is 2. The molecule has 2 aromatic rings. The number of rotatable bonds is 3. The molecule has 1 N–H and O–H groups in total. The Bertz CT molecular complexity index is 620. The van der Waals surface area contributed by atoms with Crippen LogP contribution in [0.3, 0.4) is 0 Å². The number of imidazole rings is 1. The van der Waals surface area contributed by atoms with Crippen LogP contribution in [0.4, 0.5) is 0 Å². The summed E-state index contributed by atoms with van der Waals surface area (Å²) in [5.41, 5.74) is 2.04. The van der Waals surface area contributed by atoms with Gasteiger partial charge in [-0.25, -0.2) is 4.98 Å². The van der Waals surface area contributed by atoms with Crippen LogP contribution in [0, 0.1) is 11.3 Å². The summed E-state index contributed by atoms with van der Waals surface area (Å²) in [6.45, 7) is 6.82. The van der Waals surface area contributed by atoms with E-state index in [1.54, 1.807) is 12.1 Å². The standard InChI is InChI=1S/C14H17N3O/c1-4-17-12-6-5-10(8-15)7-11(12)16-13(17)14(2,3)9-18/h5-7,18H,4,9H2,1-3H3. The number of benzene rings is 1. The zero-order chi connectivity index (χ0) is 13.3. The van der Waals surface area contributed by atoms with E-state index >= 15 is 0 Å². The van der Waals surface area contributed by atoms with Gasteiger partial charge in [-0.3, -0.25) is 0 Å². The molecule has 4 heteroatoms. The van der Waals surface area contributed by atoms with E-state index in [1.165, 1.54) is 0 Å². The van der Waals surface area contributed by atoms with Gasteiger partial charge in [0.05, 0.1) is 29.3 Å². The second kappa shape index (κ2) is 4.43. The zero-order valence-electron chi connectivity index (χ0n) is 10.9. The van der Waals surface area contributed by atoms with Crippen molar-refractivity contribution in [3.63, 3.8) is 0 Å². The van der Waals surface area contributed by atoms with E-state index in [0.29, 0.717) is 5.56 Å². The van der Waals surface area contributed by atoms with Gasteiger partial charge in [-0.15, -0.1) is 0 Å². The molecule has 0 aliphatic rings. The van der Waals surface area contributed by atoms with Crippen LogP contribution in [0.1, 0.15) is 32.2 Å². The lowest BCUT2D eigenvalue weighted by Crippen LogP contribution is -2.26. The Morgan fingerprint density at radius 1 is 1.44 bits per heavy atom.